The van der Waals surface area contributed by atoms with Gasteiger partial charge in [-0.05, 0) is 66.6 Å². The lowest BCUT2D eigenvalue weighted by Gasteiger charge is -2.15. The van der Waals surface area contributed by atoms with Crippen LogP contribution in [0.5, 0.6) is 0 Å². The van der Waals surface area contributed by atoms with Crippen molar-refractivity contribution >= 4 is 38.9 Å². The molecule has 0 unspecified atom stereocenters. The summed E-state index contributed by atoms with van der Waals surface area (Å²) in [5.41, 5.74) is 3.29. The fourth-order valence-electron chi connectivity index (χ4n) is 3.51. The number of nitrogens with one attached hydrogen (secondary N) is 2. The van der Waals surface area contributed by atoms with Crippen LogP contribution in [0.15, 0.2) is 77.7 Å². The Balaban J connectivity index is 1.44. The van der Waals surface area contributed by atoms with Crippen molar-refractivity contribution in [2.45, 2.75) is 18.2 Å². The van der Waals surface area contributed by atoms with E-state index in [4.69, 9.17) is 0 Å². The van der Waals surface area contributed by atoms with Crippen molar-refractivity contribution in [2.75, 3.05) is 21.5 Å². The quantitative estimate of drug-likeness (QED) is 0.640. The number of amides is 2. The first-order chi connectivity index (χ1) is 14.8. The van der Waals surface area contributed by atoms with E-state index in [0.717, 1.165) is 17.7 Å². The fraction of sp³-hybridized carbons (Fsp3) is 0.130. The Kier molecular flexibility index (Phi) is 5.48. The number of anilines is 3. The highest BCUT2D eigenvalue weighted by molar-refractivity contribution is 7.92. The monoisotopic (exact) mass is 435 g/mol. The molecule has 31 heavy (non-hydrogen) atoms. The zero-order chi connectivity index (χ0) is 22.0. The van der Waals surface area contributed by atoms with Crippen LogP contribution in [0.25, 0.3) is 0 Å². The number of hydrogen-bond donors (Lipinski definition) is 2. The smallest absolute Gasteiger partial charge is 0.261 e. The van der Waals surface area contributed by atoms with Crippen LogP contribution in [0.2, 0.25) is 0 Å². The van der Waals surface area contributed by atoms with Crippen molar-refractivity contribution in [1.29, 1.82) is 0 Å². The van der Waals surface area contributed by atoms with Gasteiger partial charge in [-0.2, -0.15) is 0 Å². The highest BCUT2D eigenvalue weighted by Crippen LogP contribution is 2.30. The molecule has 0 aromatic heterocycles. The Morgan fingerprint density at radius 3 is 2.26 bits per heavy atom. The predicted octanol–water partition coefficient (Wildman–Crippen LogP) is 3.65. The minimum absolute atomic E-state index is 0.00138. The molecule has 1 aliphatic heterocycles. The summed E-state index contributed by atoms with van der Waals surface area (Å²) in [6.45, 7) is 2.18. The maximum Gasteiger partial charge on any atom is 0.261 e. The highest BCUT2D eigenvalue weighted by Gasteiger charge is 2.22. The molecule has 7 nitrogen and oxygen atoms in total. The van der Waals surface area contributed by atoms with Crippen LogP contribution in [-0.2, 0) is 21.2 Å². The molecule has 0 aliphatic carbocycles. The zero-order valence-corrected chi connectivity index (χ0v) is 17.6. The van der Waals surface area contributed by atoms with E-state index in [9.17, 15) is 18.0 Å². The summed E-state index contributed by atoms with van der Waals surface area (Å²) in [6, 6.07) is 19.7. The summed E-state index contributed by atoms with van der Waals surface area (Å²) in [4.78, 5) is 26.1. The molecule has 1 heterocycles. The molecular weight excluding hydrogens is 414 g/mol. The first-order valence-electron chi connectivity index (χ1n) is 9.74. The van der Waals surface area contributed by atoms with Gasteiger partial charge in [0.2, 0.25) is 5.91 Å². The maximum atomic E-state index is 12.6. The van der Waals surface area contributed by atoms with Crippen LogP contribution >= 0.6 is 0 Å². The molecule has 0 bridgehead atoms. The highest BCUT2D eigenvalue weighted by atomic mass is 32.2. The Hall–Kier alpha value is -3.65. The summed E-state index contributed by atoms with van der Waals surface area (Å²) in [6.07, 6.45) is 0.745. The van der Waals surface area contributed by atoms with Gasteiger partial charge in [0.15, 0.2) is 0 Å². The Morgan fingerprint density at radius 2 is 1.58 bits per heavy atom. The van der Waals surface area contributed by atoms with Crippen LogP contribution in [0, 0.1) is 0 Å². The molecule has 0 radical (unpaired) electrons. The fourth-order valence-corrected chi connectivity index (χ4v) is 4.59. The van der Waals surface area contributed by atoms with E-state index in [0.29, 0.717) is 23.5 Å². The third-order valence-electron chi connectivity index (χ3n) is 5.07. The number of benzene rings is 3. The van der Waals surface area contributed by atoms with E-state index in [2.05, 4.69) is 10.0 Å². The van der Waals surface area contributed by atoms with E-state index in [1.54, 1.807) is 53.4 Å². The number of sulfonamides is 1. The van der Waals surface area contributed by atoms with Gasteiger partial charge in [-0.3, -0.25) is 14.3 Å². The molecule has 0 saturated heterocycles. The lowest BCUT2D eigenvalue weighted by Crippen LogP contribution is -2.25. The summed E-state index contributed by atoms with van der Waals surface area (Å²) < 4.78 is 27.3. The number of rotatable bonds is 5. The molecule has 1 aliphatic rings. The van der Waals surface area contributed by atoms with E-state index < -0.39 is 10.0 Å². The lowest BCUT2D eigenvalue weighted by molar-refractivity contribution is -0.116. The largest absolute Gasteiger partial charge is 0.322 e. The van der Waals surface area contributed by atoms with Crippen LogP contribution in [0.1, 0.15) is 22.8 Å². The molecule has 0 spiro atoms. The second-order valence-electron chi connectivity index (χ2n) is 7.21. The number of carbonyl (C=O) groups is 2. The van der Waals surface area contributed by atoms with Crippen molar-refractivity contribution in [2.24, 2.45) is 0 Å². The molecule has 2 amide bonds. The molecule has 8 heteroatoms. The normalized spacial score (nSPS) is 12.9. The minimum Gasteiger partial charge on any atom is -0.322 e. The van der Waals surface area contributed by atoms with Gasteiger partial charge in [0.05, 0.1) is 4.90 Å². The maximum absolute atomic E-state index is 12.6. The molecule has 0 fully saturated rings. The Labute approximate surface area is 180 Å². The first kappa shape index (κ1) is 20.6. The van der Waals surface area contributed by atoms with Gasteiger partial charge < -0.3 is 10.2 Å². The molecule has 2 N–H and O–H groups in total. The first-order valence-corrected chi connectivity index (χ1v) is 11.2. The number of hydrogen-bond acceptors (Lipinski definition) is 4. The lowest BCUT2D eigenvalue weighted by atomic mass is 10.1. The number of fused-ring (bicyclic) bond motifs is 1. The summed E-state index contributed by atoms with van der Waals surface area (Å²) >= 11 is 0. The SMILES string of the molecule is CC(=O)N1CCc2cc(NC(=O)c3ccc(NS(=O)(=O)c4ccccc4)cc3)ccc21. The van der Waals surface area contributed by atoms with Gasteiger partial charge in [-0.1, -0.05) is 18.2 Å². The second-order valence-corrected chi connectivity index (χ2v) is 8.90. The molecule has 0 atom stereocenters. The van der Waals surface area contributed by atoms with Gasteiger partial charge in [-0.15, -0.1) is 0 Å². The van der Waals surface area contributed by atoms with Crippen LogP contribution in [0.3, 0.4) is 0 Å². The standard InChI is InChI=1S/C23H21N3O4S/c1-16(27)26-14-13-18-15-20(11-12-22(18)26)24-23(28)17-7-9-19(10-8-17)25-31(29,30)21-5-3-2-4-6-21/h2-12,15,25H,13-14H2,1H3,(H,24,28). The second kappa shape index (κ2) is 8.23. The van der Waals surface area contributed by atoms with Crippen LogP contribution < -0.4 is 14.9 Å². The number of carbonyl (C=O) groups excluding carboxylic acids is 2. The Bertz CT molecular complexity index is 1240. The molecule has 158 valence electrons. The van der Waals surface area contributed by atoms with E-state index in [1.165, 1.54) is 19.1 Å². The summed E-state index contributed by atoms with van der Waals surface area (Å²) in [7, 11) is -3.69. The zero-order valence-electron chi connectivity index (χ0n) is 16.8. The molecule has 4 rings (SSSR count). The third kappa shape index (κ3) is 4.44. The van der Waals surface area contributed by atoms with Gasteiger partial charge >= 0.3 is 0 Å². The summed E-state index contributed by atoms with van der Waals surface area (Å²) in [5, 5.41) is 2.84. The van der Waals surface area contributed by atoms with Gasteiger partial charge in [-0.25, -0.2) is 8.42 Å². The van der Waals surface area contributed by atoms with Gasteiger partial charge in [0, 0.05) is 36.1 Å². The molecular formula is C23H21N3O4S. The molecule has 3 aromatic carbocycles. The topological polar surface area (TPSA) is 95.6 Å². The number of nitrogens with zero attached hydrogens (tertiary/aromatic N) is 1. The van der Waals surface area contributed by atoms with Gasteiger partial charge in [0.25, 0.3) is 15.9 Å². The van der Waals surface area contributed by atoms with Gasteiger partial charge in [0.1, 0.15) is 0 Å². The average molecular weight is 436 g/mol. The van der Waals surface area contributed by atoms with E-state index in [-0.39, 0.29) is 16.7 Å². The van der Waals surface area contributed by atoms with Crippen molar-refractivity contribution in [1.82, 2.24) is 0 Å². The average Bonchev–Trinajstić information content (AvgIpc) is 3.18. The van der Waals surface area contributed by atoms with Crippen molar-refractivity contribution in [3.05, 3.63) is 83.9 Å². The van der Waals surface area contributed by atoms with Crippen molar-refractivity contribution < 1.29 is 18.0 Å². The third-order valence-corrected chi connectivity index (χ3v) is 6.46. The Morgan fingerprint density at radius 1 is 0.903 bits per heavy atom. The summed E-state index contributed by atoms with van der Waals surface area (Å²) in [5.74, 6) is -0.308. The van der Waals surface area contributed by atoms with Crippen LogP contribution in [0.4, 0.5) is 17.1 Å². The van der Waals surface area contributed by atoms with E-state index >= 15 is 0 Å². The molecule has 0 saturated carbocycles. The predicted molar refractivity (Wildman–Crippen MR) is 120 cm³/mol. The minimum atomic E-state index is -3.69. The van der Waals surface area contributed by atoms with Crippen molar-refractivity contribution in [3.63, 3.8) is 0 Å². The van der Waals surface area contributed by atoms with Crippen LogP contribution in [-0.4, -0.2) is 26.8 Å². The molecule has 3 aromatic rings. The van der Waals surface area contributed by atoms with E-state index in [1.807, 2.05) is 12.1 Å². The van der Waals surface area contributed by atoms with Crippen molar-refractivity contribution in [3.8, 4) is 0 Å².